The van der Waals surface area contributed by atoms with Gasteiger partial charge in [0, 0.05) is 38.3 Å². The molecule has 2 heterocycles. The van der Waals surface area contributed by atoms with E-state index in [1.54, 1.807) is 35.2 Å². The van der Waals surface area contributed by atoms with Crippen molar-refractivity contribution in [1.82, 2.24) is 9.62 Å². The van der Waals surface area contributed by atoms with Crippen LogP contribution >= 0.6 is 0 Å². The predicted molar refractivity (Wildman–Crippen MR) is 122 cm³/mol. The molecule has 0 saturated carbocycles. The summed E-state index contributed by atoms with van der Waals surface area (Å²) in [6.45, 7) is 4.18. The Bertz CT molecular complexity index is 1170. The Balaban J connectivity index is 1.45. The van der Waals surface area contributed by atoms with Gasteiger partial charge in [-0.15, -0.1) is 0 Å². The first-order valence-electron chi connectivity index (χ1n) is 11.1. The van der Waals surface area contributed by atoms with E-state index >= 15 is 0 Å². The van der Waals surface area contributed by atoms with Crippen LogP contribution in [0.3, 0.4) is 0 Å². The van der Waals surface area contributed by atoms with Crippen molar-refractivity contribution in [3.05, 3.63) is 59.4 Å². The number of rotatable bonds is 5. The number of carbonyl (C=O) groups excluding carboxylic acids is 2. The Hall–Kier alpha value is -2.78. The Morgan fingerprint density at radius 1 is 1.15 bits per heavy atom. The van der Waals surface area contributed by atoms with Gasteiger partial charge in [-0.2, -0.15) is 4.31 Å². The van der Waals surface area contributed by atoms with E-state index in [9.17, 15) is 22.4 Å². The summed E-state index contributed by atoms with van der Waals surface area (Å²) in [6.07, 6.45) is 1.80. The van der Waals surface area contributed by atoms with Gasteiger partial charge in [0.05, 0.1) is 10.8 Å². The van der Waals surface area contributed by atoms with Gasteiger partial charge in [0.25, 0.3) is 0 Å². The molecule has 1 fully saturated rings. The standard InChI is InChI=1S/C24H28FN3O4S/c1-16-12-20-13-22(9-10-23(20)28(16)17(2)29)33(31,32)27-11-3-4-19(15-27)24(30)26-14-18-5-7-21(25)8-6-18/h5-10,13,16,19H,3-4,11-12,14-15H2,1-2H3,(H,26,30)/t16-,19-/m0/s1. The molecule has 2 aliphatic heterocycles. The number of anilines is 1. The van der Waals surface area contributed by atoms with E-state index in [2.05, 4.69) is 5.32 Å². The van der Waals surface area contributed by atoms with Crippen LogP contribution in [0.1, 0.15) is 37.8 Å². The van der Waals surface area contributed by atoms with E-state index in [0.29, 0.717) is 25.8 Å². The number of fused-ring (bicyclic) bond motifs is 1. The second-order valence-corrected chi connectivity index (χ2v) is 10.7. The Morgan fingerprint density at radius 2 is 1.88 bits per heavy atom. The highest BCUT2D eigenvalue weighted by atomic mass is 32.2. The molecule has 1 N–H and O–H groups in total. The SMILES string of the molecule is CC(=O)N1c2ccc(S(=O)(=O)N3CCC[C@H](C(=O)NCc4ccc(F)cc4)C3)cc2C[C@@H]1C. The van der Waals surface area contributed by atoms with Crippen LogP contribution in [-0.2, 0) is 32.6 Å². The van der Waals surface area contributed by atoms with Crippen LogP contribution in [0.5, 0.6) is 0 Å². The molecule has 2 aromatic carbocycles. The van der Waals surface area contributed by atoms with Gasteiger partial charge < -0.3 is 10.2 Å². The molecule has 2 aromatic rings. The molecule has 0 aromatic heterocycles. The van der Waals surface area contributed by atoms with Crippen molar-refractivity contribution < 1.29 is 22.4 Å². The minimum Gasteiger partial charge on any atom is -0.352 e. The van der Waals surface area contributed by atoms with Crippen molar-refractivity contribution in [2.45, 2.75) is 50.6 Å². The smallest absolute Gasteiger partial charge is 0.243 e. The molecule has 1 saturated heterocycles. The molecule has 2 amide bonds. The Kier molecular flexibility index (Phi) is 6.54. The van der Waals surface area contributed by atoms with Gasteiger partial charge in [0.1, 0.15) is 5.82 Å². The average molecular weight is 474 g/mol. The van der Waals surface area contributed by atoms with Crippen LogP contribution < -0.4 is 10.2 Å². The zero-order valence-corrected chi connectivity index (χ0v) is 19.6. The number of nitrogens with zero attached hydrogens (tertiary/aromatic N) is 2. The number of benzene rings is 2. The summed E-state index contributed by atoms with van der Waals surface area (Å²) < 4.78 is 41.1. The third kappa shape index (κ3) is 4.79. The lowest BCUT2D eigenvalue weighted by Gasteiger charge is -2.31. The van der Waals surface area contributed by atoms with Gasteiger partial charge in [-0.1, -0.05) is 12.1 Å². The molecule has 4 rings (SSSR count). The summed E-state index contributed by atoms with van der Waals surface area (Å²) in [5.41, 5.74) is 2.37. The number of nitrogens with one attached hydrogen (secondary N) is 1. The first-order chi connectivity index (χ1) is 15.7. The monoisotopic (exact) mass is 473 g/mol. The molecular formula is C24H28FN3O4S. The fraction of sp³-hybridized carbons (Fsp3) is 0.417. The Morgan fingerprint density at radius 3 is 2.58 bits per heavy atom. The van der Waals surface area contributed by atoms with Crippen molar-refractivity contribution in [2.24, 2.45) is 5.92 Å². The largest absolute Gasteiger partial charge is 0.352 e. The fourth-order valence-corrected chi connectivity index (χ4v) is 6.28. The molecule has 2 atom stereocenters. The van der Waals surface area contributed by atoms with Crippen molar-refractivity contribution in [3.8, 4) is 0 Å². The summed E-state index contributed by atoms with van der Waals surface area (Å²) in [6, 6.07) is 10.8. The van der Waals surface area contributed by atoms with Gasteiger partial charge in [-0.25, -0.2) is 12.8 Å². The number of amides is 2. The second kappa shape index (κ2) is 9.23. The molecule has 0 aliphatic carbocycles. The topological polar surface area (TPSA) is 86.8 Å². The van der Waals surface area contributed by atoms with E-state index in [1.165, 1.54) is 23.4 Å². The van der Waals surface area contributed by atoms with Gasteiger partial charge >= 0.3 is 0 Å². The number of hydrogen-bond donors (Lipinski definition) is 1. The lowest BCUT2D eigenvalue weighted by Crippen LogP contribution is -2.45. The highest BCUT2D eigenvalue weighted by molar-refractivity contribution is 7.89. The maximum Gasteiger partial charge on any atom is 0.243 e. The van der Waals surface area contributed by atoms with Crippen LogP contribution in [0.2, 0.25) is 0 Å². The quantitative estimate of drug-likeness (QED) is 0.724. The number of halogens is 1. The van der Waals surface area contributed by atoms with Crippen LogP contribution in [0.4, 0.5) is 10.1 Å². The molecule has 0 bridgehead atoms. The minimum absolute atomic E-state index is 0.0142. The van der Waals surface area contributed by atoms with Crippen LogP contribution in [0.25, 0.3) is 0 Å². The zero-order valence-electron chi connectivity index (χ0n) is 18.8. The second-order valence-electron chi connectivity index (χ2n) is 8.78. The van der Waals surface area contributed by atoms with Crippen molar-refractivity contribution in [2.75, 3.05) is 18.0 Å². The van der Waals surface area contributed by atoms with Crippen molar-refractivity contribution in [1.29, 1.82) is 0 Å². The summed E-state index contributed by atoms with van der Waals surface area (Å²) in [4.78, 5) is 26.5. The van der Waals surface area contributed by atoms with Crippen LogP contribution in [-0.4, -0.2) is 43.7 Å². The molecule has 9 heteroatoms. The number of carbonyl (C=O) groups is 2. The van der Waals surface area contributed by atoms with E-state index in [-0.39, 0.29) is 41.7 Å². The molecule has 0 unspecified atom stereocenters. The zero-order chi connectivity index (χ0) is 23.8. The van der Waals surface area contributed by atoms with Crippen molar-refractivity contribution >= 4 is 27.5 Å². The predicted octanol–water partition coefficient (Wildman–Crippen LogP) is 2.84. The Labute approximate surface area is 193 Å². The maximum absolute atomic E-state index is 13.3. The first-order valence-corrected chi connectivity index (χ1v) is 12.6. The van der Waals surface area contributed by atoms with Crippen LogP contribution in [0, 0.1) is 11.7 Å². The summed E-state index contributed by atoms with van der Waals surface area (Å²) in [5.74, 6) is -1.06. The summed E-state index contributed by atoms with van der Waals surface area (Å²) >= 11 is 0. The first kappa shape index (κ1) is 23.4. The lowest BCUT2D eigenvalue weighted by molar-refractivity contribution is -0.126. The molecule has 176 valence electrons. The molecular weight excluding hydrogens is 445 g/mol. The molecule has 33 heavy (non-hydrogen) atoms. The van der Waals surface area contributed by atoms with Gasteiger partial charge in [-0.3, -0.25) is 9.59 Å². The third-order valence-electron chi connectivity index (χ3n) is 6.38. The highest BCUT2D eigenvalue weighted by Gasteiger charge is 2.35. The molecule has 0 radical (unpaired) electrons. The minimum atomic E-state index is -3.77. The molecule has 2 aliphatic rings. The lowest BCUT2D eigenvalue weighted by atomic mass is 9.99. The molecule has 7 nitrogen and oxygen atoms in total. The number of hydrogen-bond acceptors (Lipinski definition) is 4. The van der Waals surface area contributed by atoms with Gasteiger partial charge in [0.15, 0.2) is 0 Å². The normalized spacial score (nSPS) is 21.0. The molecule has 0 spiro atoms. The van der Waals surface area contributed by atoms with Crippen LogP contribution in [0.15, 0.2) is 47.4 Å². The summed E-state index contributed by atoms with van der Waals surface area (Å²) in [5, 5.41) is 2.83. The number of piperidine rings is 1. The van der Waals surface area contributed by atoms with E-state index in [4.69, 9.17) is 0 Å². The van der Waals surface area contributed by atoms with E-state index < -0.39 is 15.9 Å². The van der Waals surface area contributed by atoms with E-state index in [0.717, 1.165) is 16.8 Å². The summed E-state index contributed by atoms with van der Waals surface area (Å²) in [7, 11) is -3.77. The maximum atomic E-state index is 13.3. The van der Waals surface area contributed by atoms with Gasteiger partial charge in [0.2, 0.25) is 21.8 Å². The third-order valence-corrected chi connectivity index (χ3v) is 8.24. The van der Waals surface area contributed by atoms with Gasteiger partial charge in [-0.05, 0) is 67.6 Å². The fourth-order valence-electron chi connectivity index (χ4n) is 4.71. The average Bonchev–Trinajstić information content (AvgIpc) is 3.13. The van der Waals surface area contributed by atoms with Crippen molar-refractivity contribution in [3.63, 3.8) is 0 Å². The number of sulfonamides is 1. The highest BCUT2D eigenvalue weighted by Crippen LogP contribution is 2.35. The van der Waals surface area contributed by atoms with E-state index in [1.807, 2.05) is 6.92 Å².